The average molecular weight is 494 g/mol. The van der Waals surface area contributed by atoms with E-state index in [0.29, 0.717) is 11.3 Å². The number of rotatable bonds is 11. The molecule has 0 radical (unpaired) electrons. The Hall–Kier alpha value is -3.72. The molecule has 1 aliphatic rings. The Balaban J connectivity index is 1.72. The highest BCUT2D eigenvalue weighted by atomic mass is 16.5. The summed E-state index contributed by atoms with van der Waals surface area (Å²) in [4.78, 5) is 42.9. The first kappa shape index (κ1) is 26.9. The van der Waals surface area contributed by atoms with Crippen molar-refractivity contribution in [3.05, 3.63) is 65.7 Å². The van der Waals surface area contributed by atoms with Gasteiger partial charge >= 0.3 is 5.97 Å². The third kappa shape index (κ3) is 6.69. The molecule has 0 aromatic heterocycles. The van der Waals surface area contributed by atoms with Crippen molar-refractivity contribution in [3.8, 4) is 0 Å². The summed E-state index contributed by atoms with van der Waals surface area (Å²) in [6.07, 6.45) is 6.29. The molecule has 0 spiro atoms. The minimum Gasteiger partial charge on any atom is -0.465 e. The molecule has 2 aromatic carbocycles. The van der Waals surface area contributed by atoms with Crippen LogP contribution in [0.3, 0.4) is 0 Å². The number of nitrogens with zero attached hydrogens (tertiary/aromatic N) is 1. The van der Waals surface area contributed by atoms with Crippen LogP contribution in [0.15, 0.2) is 59.6 Å². The van der Waals surface area contributed by atoms with Crippen LogP contribution in [0.5, 0.6) is 0 Å². The van der Waals surface area contributed by atoms with Crippen LogP contribution in [0, 0.1) is 5.92 Å². The van der Waals surface area contributed by atoms with Crippen LogP contribution in [0.1, 0.15) is 54.9 Å². The summed E-state index contributed by atoms with van der Waals surface area (Å²) in [5.74, 6) is 4.12. The van der Waals surface area contributed by atoms with Gasteiger partial charge in [0.05, 0.1) is 18.8 Å². The smallest absolute Gasteiger partial charge is 0.318 e. The fourth-order valence-electron chi connectivity index (χ4n) is 4.83. The van der Waals surface area contributed by atoms with E-state index >= 15 is 0 Å². The van der Waals surface area contributed by atoms with E-state index in [-0.39, 0.29) is 37.5 Å². The number of nitrogens with two attached hydrogens (primary N) is 1. The quantitative estimate of drug-likeness (QED) is 0.125. The van der Waals surface area contributed by atoms with Gasteiger partial charge in [0.25, 0.3) is 5.91 Å². The van der Waals surface area contributed by atoms with Crippen LogP contribution >= 0.6 is 0 Å². The van der Waals surface area contributed by atoms with Gasteiger partial charge in [0.2, 0.25) is 5.91 Å². The highest BCUT2D eigenvalue weighted by Crippen LogP contribution is 2.42. The predicted molar refractivity (Wildman–Crippen MR) is 139 cm³/mol. The van der Waals surface area contributed by atoms with E-state index in [9.17, 15) is 14.4 Å². The lowest BCUT2D eigenvalue weighted by atomic mass is 9.64. The average Bonchev–Trinajstić information content (AvgIpc) is 2.92. The topological polar surface area (TPSA) is 135 Å². The molecule has 2 aromatic rings. The molecule has 3 rings (SSSR count). The standard InChI is InChI=1S/C27H35N5O4/c1-2-36-26(35)27(21-11-5-3-6-12-21,22-13-7-4-8-14-22)18-30-24(33)17-29-25(34)20-10-9-15-23(16-20)31-19-32-28/h3,5-6,9-12,15-16,19,22H,2,4,7-8,13-14,17-18,28H2,1H3,(H,29,34)(H,30,33)(H,31,32). The fraction of sp³-hybridized carbons (Fsp3) is 0.407. The molecular weight excluding hydrogens is 458 g/mol. The summed E-state index contributed by atoms with van der Waals surface area (Å²) in [5, 5.41) is 5.54. The molecule has 1 unspecified atom stereocenters. The van der Waals surface area contributed by atoms with Crippen LogP contribution in [0.4, 0.5) is 5.69 Å². The van der Waals surface area contributed by atoms with Gasteiger partial charge in [-0.25, -0.2) is 10.8 Å². The number of carbonyl (C=O) groups excluding carboxylic acids is 3. The number of amides is 2. The zero-order valence-corrected chi connectivity index (χ0v) is 20.7. The Morgan fingerprint density at radius 3 is 2.50 bits per heavy atom. The van der Waals surface area contributed by atoms with Gasteiger partial charge in [-0.2, -0.15) is 0 Å². The van der Waals surface area contributed by atoms with Gasteiger partial charge in [0.1, 0.15) is 11.8 Å². The van der Waals surface area contributed by atoms with Crippen molar-refractivity contribution in [2.75, 3.05) is 19.7 Å². The van der Waals surface area contributed by atoms with Crippen molar-refractivity contribution in [1.82, 2.24) is 16.1 Å². The molecule has 0 bridgehead atoms. The maximum Gasteiger partial charge on any atom is 0.318 e. The molecular formula is C27H35N5O4. The number of hydrogen-bond acceptors (Lipinski definition) is 6. The molecule has 1 saturated carbocycles. The Morgan fingerprint density at radius 2 is 1.81 bits per heavy atom. The number of hydrogen-bond donors (Lipinski definition) is 4. The van der Waals surface area contributed by atoms with Crippen molar-refractivity contribution < 1.29 is 19.1 Å². The van der Waals surface area contributed by atoms with Gasteiger partial charge in [-0.15, -0.1) is 0 Å². The minimum atomic E-state index is -0.985. The number of benzene rings is 2. The first-order valence-electron chi connectivity index (χ1n) is 12.4. The molecule has 1 atom stereocenters. The van der Waals surface area contributed by atoms with Crippen LogP contribution in [0.25, 0.3) is 0 Å². The van der Waals surface area contributed by atoms with E-state index in [4.69, 9.17) is 10.6 Å². The first-order chi connectivity index (χ1) is 17.5. The van der Waals surface area contributed by atoms with E-state index in [1.54, 1.807) is 31.2 Å². The lowest BCUT2D eigenvalue weighted by Gasteiger charge is -2.41. The van der Waals surface area contributed by atoms with E-state index in [1.807, 2.05) is 30.3 Å². The van der Waals surface area contributed by atoms with Gasteiger partial charge in [-0.3, -0.25) is 14.4 Å². The predicted octanol–water partition coefficient (Wildman–Crippen LogP) is 2.74. The van der Waals surface area contributed by atoms with Gasteiger partial charge in [-0.05, 0) is 49.4 Å². The second-order valence-electron chi connectivity index (χ2n) is 8.83. The normalized spacial score (nSPS) is 15.6. The number of esters is 1. The number of hydrazine groups is 1. The Labute approximate surface area is 211 Å². The largest absolute Gasteiger partial charge is 0.465 e. The zero-order chi connectivity index (χ0) is 25.8. The number of nitrogens with one attached hydrogen (secondary N) is 3. The van der Waals surface area contributed by atoms with Gasteiger partial charge in [0, 0.05) is 12.1 Å². The molecule has 0 aliphatic heterocycles. The summed E-state index contributed by atoms with van der Waals surface area (Å²) < 4.78 is 5.56. The molecule has 0 heterocycles. The van der Waals surface area contributed by atoms with Crippen molar-refractivity contribution in [3.63, 3.8) is 0 Å². The van der Waals surface area contributed by atoms with Gasteiger partial charge in [-0.1, -0.05) is 55.7 Å². The molecule has 1 fully saturated rings. The molecule has 5 N–H and O–H groups in total. The molecule has 1 aliphatic carbocycles. The summed E-state index contributed by atoms with van der Waals surface area (Å²) in [6, 6.07) is 16.2. The van der Waals surface area contributed by atoms with Crippen LogP contribution < -0.4 is 21.9 Å². The summed E-state index contributed by atoms with van der Waals surface area (Å²) >= 11 is 0. The van der Waals surface area contributed by atoms with Gasteiger partial charge < -0.3 is 20.8 Å². The maximum absolute atomic E-state index is 13.5. The number of ether oxygens (including phenoxy) is 1. The van der Waals surface area contributed by atoms with E-state index < -0.39 is 11.3 Å². The number of aliphatic imine (C=N–C) groups is 1. The molecule has 9 nitrogen and oxygen atoms in total. The molecule has 2 amide bonds. The second kappa shape index (κ2) is 13.4. The lowest BCUT2D eigenvalue weighted by molar-refractivity contribution is -0.153. The maximum atomic E-state index is 13.5. The van der Waals surface area contributed by atoms with Crippen molar-refractivity contribution in [1.29, 1.82) is 0 Å². The number of carbonyl (C=O) groups is 3. The van der Waals surface area contributed by atoms with Crippen molar-refractivity contribution in [2.45, 2.75) is 44.4 Å². The Morgan fingerprint density at radius 1 is 1.06 bits per heavy atom. The third-order valence-corrected chi connectivity index (χ3v) is 6.60. The van der Waals surface area contributed by atoms with Gasteiger partial charge in [0.15, 0.2) is 0 Å². The molecule has 0 saturated heterocycles. The first-order valence-corrected chi connectivity index (χ1v) is 12.4. The van der Waals surface area contributed by atoms with Crippen LogP contribution in [-0.4, -0.2) is 43.8 Å². The SMILES string of the molecule is CCOC(=O)C(CNC(=O)CNC(=O)c1cccc(N=CNN)c1)(c1ccccc1)C1CCCCC1. The van der Waals surface area contributed by atoms with Crippen molar-refractivity contribution >= 4 is 29.8 Å². The Bertz CT molecular complexity index is 1050. The lowest BCUT2D eigenvalue weighted by Crippen LogP contribution is -2.54. The zero-order valence-electron chi connectivity index (χ0n) is 20.7. The summed E-state index contributed by atoms with van der Waals surface area (Å²) in [7, 11) is 0. The van der Waals surface area contributed by atoms with Crippen LogP contribution in [-0.2, 0) is 19.7 Å². The molecule has 192 valence electrons. The summed E-state index contributed by atoms with van der Waals surface area (Å²) in [5.41, 5.74) is 3.06. The fourth-order valence-corrected chi connectivity index (χ4v) is 4.83. The minimum absolute atomic E-state index is 0.0499. The highest BCUT2D eigenvalue weighted by Gasteiger charge is 2.48. The van der Waals surface area contributed by atoms with E-state index in [1.165, 1.54) is 6.34 Å². The van der Waals surface area contributed by atoms with E-state index in [2.05, 4.69) is 21.1 Å². The second-order valence-corrected chi connectivity index (χ2v) is 8.83. The molecule has 36 heavy (non-hydrogen) atoms. The van der Waals surface area contributed by atoms with E-state index in [0.717, 1.165) is 37.7 Å². The Kier molecular flexibility index (Phi) is 10.00. The highest BCUT2D eigenvalue weighted by molar-refractivity contribution is 5.97. The van der Waals surface area contributed by atoms with Crippen molar-refractivity contribution in [2.24, 2.45) is 16.8 Å². The summed E-state index contributed by atoms with van der Waals surface area (Å²) in [6.45, 7) is 1.92. The van der Waals surface area contributed by atoms with Crippen LogP contribution in [0.2, 0.25) is 0 Å². The monoisotopic (exact) mass is 493 g/mol. The third-order valence-electron chi connectivity index (χ3n) is 6.60. The molecule has 9 heteroatoms.